The summed E-state index contributed by atoms with van der Waals surface area (Å²) in [5.74, 6) is 2.65. The maximum atomic E-state index is 4.56. The molecule has 4 nitrogen and oxygen atoms in total. The number of nitrogens with one attached hydrogen (secondary N) is 1. The van der Waals surface area contributed by atoms with E-state index in [-0.39, 0.29) is 0 Å². The molecule has 2 fully saturated rings. The third kappa shape index (κ3) is 5.47. The third-order valence-corrected chi connectivity index (χ3v) is 5.96. The van der Waals surface area contributed by atoms with Crippen molar-refractivity contribution >= 4 is 5.96 Å². The molecule has 1 aromatic rings. The van der Waals surface area contributed by atoms with Crippen molar-refractivity contribution in [1.29, 1.82) is 0 Å². The minimum Gasteiger partial charge on any atom is -0.356 e. The Labute approximate surface area is 159 Å². The predicted octanol–water partition coefficient (Wildman–Crippen LogP) is 3.25. The maximum Gasteiger partial charge on any atom is 0.193 e. The summed E-state index contributed by atoms with van der Waals surface area (Å²) in [5, 5.41) is 3.67. The van der Waals surface area contributed by atoms with Gasteiger partial charge in [0.2, 0.25) is 0 Å². The van der Waals surface area contributed by atoms with Crippen molar-refractivity contribution in [3.8, 4) is 0 Å². The Hall–Kier alpha value is -1.55. The van der Waals surface area contributed by atoms with Crippen LogP contribution in [0.15, 0.2) is 35.3 Å². The van der Waals surface area contributed by atoms with Gasteiger partial charge in [0, 0.05) is 26.7 Å². The molecule has 144 valence electrons. The van der Waals surface area contributed by atoms with E-state index in [1.54, 1.807) is 0 Å². The molecule has 4 heteroatoms. The van der Waals surface area contributed by atoms with Crippen molar-refractivity contribution < 1.29 is 0 Å². The van der Waals surface area contributed by atoms with Gasteiger partial charge in [-0.2, -0.15) is 0 Å². The summed E-state index contributed by atoms with van der Waals surface area (Å²) in [7, 11) is 1.93. The van der Waals surface area contributed by atoms with Crippen LogP contribution in [0.4, 0.5) is 0 Å². The second-order valence-corrected chi connectivity index (χ2v) is 8.00. The summed E-state index contributed by atoms with van der Waals surface area (Å²) in [6.45, 7) is 9.41. The Balaban J connectivity index is 1.41. The Morgan fingerprint density at radius 3 is 2.50 bits per heavy atom. The number of hydrogen-bond donors (Lipinski definition) is 1. The highest BCUT2D eigenvalue weighted by atomic mass is 15.3. The fourth-order valence-corrected chi connectivity index (χ4v) is 4.44. The van der Waals surface area contributed by atoms with Crippen LogP contribution in [0, 0.1) is 11.8 Å². The van der Waals surface area contributed by atoms with E-state index in [4.69, 9.17) is 0 Å². The van der Waals surface area contributed by atoms with Crippen LogP contribution < -0.4 is 5.32 Å². The van der Waals surface area contributed by atoms with Crippen LogP contribution in [-0.2, 0) is 6.42 Å². The first-order valence-corrected chi connectivity index (χ1v) is 10.5. The van der Waals surface area contributed by atoms with Crippen LogP contribution in [0.2, 0.25) is 0 Å². The van der Waals surface area contributed by atoms with Crippen molar-refractivity contribution in [2.24, 2.45) is 16.8 Å². The monoisotopic (exact) mass is 356 g/mol. The lowest BCUT2D eigenvalue weighted by molar-refractivity contribution is 0.185. The van der Waals surface area contributed by atoms with Crippen LogP contribution in [0.1, 0.15) is 38.2 Å². The molecule has 2 aliphatic heterocycles. The van der Waals surface area contributed by atoms with Crippen LogP contribution >= 0.6 is 0 Å². The van der Waals surface area contributed by atoms with E-state index < -0.39 is 0 Å². The summed E-state index contributed by atoms with van der Waals surface area (Å²) in [6, 6.07) is 10.9. The molecular formula is C22H36N4. The van der Waals surface area contributed by atoms with Gasteiger partial charge in [-0.3, -0.25) is 4.99 Å². The molecule has 0 aliphatic carbocycles. The van der Waals surface area contributed by atoms with Crippen LogP contribution in [0.25, 0.3) is 0 Å². The zero-order chi connectivity index (χ0) is 18.2. The van der Waals surface area contributed by atoms with Gasteiger partial charge in [0.05, 0.1) is 0 Å². The molecule has 1 aromatic carbocycles. The minimum atomic E-state index is 0.744. The molecule has 0 amide bonds. The van der Waals surface area contributed by atoms with Gasteiger partial charge in [0.1, 0.15) is 0 Å². The largest absolute Gasteiger partial charge is 0.356 e. The van der Waals surface area contributed by atoms with Gasteiger partial charge in [-0.25, -0.2) is 0 Å². The van der Waals surface area contributed by atoms with E-state index in [1.165, 1.54) is 57.3 Å². The number of benzene rings is 1. The highest BCUT2D eigenvalue weighted by Crippen LogP contribution is 2.21. The van der Waals surface area contributed by atoms with Crippen molar-refractivity contribution in [2.45, 2.75) is 39.0 Å². The molecule has 0 bridgehead atoms. The lowest BCUT2D eigenvalue weighted by atomic mass is 9.97. The standard InChI is InChI=1S/C22H36N4/c1-3-12-25-13-9-20(10-14-25)17-24-22(23-2)26-15-11-21(18-26)16-19-7-5-4-6-8-19/h4-8,20-21H,3,9-18H2,1-2H3,(H,23,24). The number of aliphatic imine (C=N–C) groups is 1. The van der Waals surface area contributed by atoms with Crippen molar-refractivity contribution in [1.82, 2.24) is 15.1 Å². The Bertz CT molecular complexity index is 549. The van der Waals surface area contributed by atoms with Crippen LogP contribution in [0.3, 0.4) is 0 Å². The molecule has 2 saturated heterocycles. The minimum absolute atomic E-state index is 0.744. The van der Waals surface area contributed by atoms with Crippen molar-refractivity contribution in [3.05, 3.63) is 35.9 Å². The van der Waals surface area contributed by atoms with Crippen molar-refractivity contribution in [2.75, 3.05) is 46.3 Å². The number of nitrogens with zero attached hydrogens (tertiary/aromatic N) is 3. The summed E-state index contributed by atoms with van der Waals surface area (Å²) in [5.41, 5.74) is 1.46. The summed E-state index contributed by atoms with van der Waals surface area (Å²) >= 11 is 0. The number of rotatable bonds is 6. The fraction of sp³-hybridized carbons (Fsp3) is 0.682. The molecule has 1 N–H and O–H groups in total. The normalized spacial score (nSPS) is 22.8. The molecule has 1 unspecified atom stereocenters. The number of likely N-dealkylation sites (tertiary alicyclic amines) is 2. The van der Waals surface area contributed by atoms with E-state index >= 15 is 0 Å². The average Bonchev–Trinajstić information content (AvgIpc) is 3.13. The molecular weight excluding hydrogens is 320 g/mol. The molecule has 2 aliphatic rings. The third-order valence-electron chi connectivity index (χ3n) is 5.96. The molecule has 0 radical (unpaired) electrons. The molecule has 0 saturated carbocycles. The number of hydrogen-bond acceptors (Lipinski definition) is 2. The van der Waals surface area contributed by atoms with Gasteiger partial charge in [-0.15, -0.1) is 0 Å². The highest BCUT2D eigenvalue weighted by Gasteiger charge is 2.26. The van der Waals surface area contributed by atoms with E-state index in [2.05, 4.69) is 57.4 Å². The maximum absolute atomic E-state index is 4.56. The van der Waals surface area contributed by atoms with Gasteiger partial charge in [-0.1, -0.05) is 37.3 Å². The quantitative estimate of drug-likeness (QED) is 0.627. The smallest absolute Gasteiger partial charge is 0.193 e. The van der Waals surface area contributed by atoms with Gasteiger partial charge in [0.15, 0.2) is 5.96 Å². The first kappa shape index (κ1) is 19.2. The molecule has 0 aromatic heterocycles. The number of guanidine groups is 1. The van der Waals surface area contributed by atoms with Gasteiger partial charge in [-0.05, 0) is 69.1 Å². The Morgan fingerprint density at radius 1 is 1.08 bits per heavy atom. The second-order valence-electron chi connectivity index (χ2n) is 8.00. The molecule has 26 heavy (non-hydrogen) atoms. The summed E-state index contributed by atoms with van der Waals surface area (Å²) in [4.78, 5) is 9.63. The van der Waals surface area contributed by atoms with Gasteiger partial charge in [0.25, 0.3) is 0 Å². The molecule has 0 spiro atoms. The van der Waals surface area contributed by atoms with Gasteiger partial charge >= 0.3 is 0 Å². The highest BCUT2D eigenvalue weighted by molar-refractivity contribution is 5.80. The molecule has 1 atom stereocenters. The SMILES string of the molecule is CCCN1CCC(CNC(=NC)N2CCC(Cc3ccccc3)C2)CC1. The topological polar surface area (TPSA) is 30.9 Å². The lowest BCUT2D eigenvalue weighted by Gasteiger charge is -2.32. The second kappa shape index (κ2) is 9.96. The summed E-state index contributed by atoms with van der Waals surface area (Å²) in [6.07, 6.45) is 6.37. The van der Waals surface area contributed by atoms with E-state index in [0.29, 0.717) is 0 Å². The first-order chi connectivity index (χ1) is 12.8. The summed E-state index contributed by atoms with van der Waals surface area (Å²) < 4.78 is 0. The Morgan fingerprint density at radius 2 is 1.81 bits per heavy atom. The Kier molecular flexibility index (Phi) is 7.36. The molecule has 3 rings (SSSR count). The average molecular weight is 357 g/mol. The molecule has 2 heterocycles. The fourth-order valence-electron chi connectivity index (χ4n) is 4.44. The van der Waals surface area contributed by atoms with E-state index in [1.807, 2.05) is 7.05 Å². The van der Waals surface area contributed by atoms with Crippen LogP contribution in [0.5, 0.6) is 0 Å². The van der Waals surface area contributed by atoms with E-state index in [9.17, 15) is 0 Å². The van der Waals surface area contributed by atoms with Crippen LogP contribution in [-0.4, -0.2) is 62.1 Å². The van der Waals surface area contributed by atoms with Gasteiger partial charge < -0.3 is 15.1 Å². The lowest BCUT2D eigenvalue weighted by Crippen LogP contribution is -2.44. The predicted molar refractivity (Wildman–Crippen MR) is 111 cm³/mol. The van der Waals surface area contributed by atoms with Crippen molar-refractivity contribution in [3.63, 3.8) is 0 Å². The zero-order valence-electron chi connectivity index (χ0n) is 16.7. The zero-order valence-corrected chi connectivity index (χ0v) is 16.7. The number of piperidine rings is 1. The first-order valence-electron chi connectivity index (χ1n) is 10.5. The van der Waals surface area contributed by atoms with E-state index in [0.717, 1.165) is 37.4 Å².